The molecule has 0 atom stereocenters. The van der Waals surface area contributed by atoms with Crippen molar-refractivity contribution in [1.29, 1.82) is 0 Å². The fraction of sp³-hybridized carbons (Fsp3) is 0.273. The molecule has 0 fully saturated rings. The molecule has 0 aliphatic heterocycles. The van der Waals surface area contributed by atoms with Gasteiger partial charge in [-0.25, -0.2) is 9.97 Å². The molecule has 2 N–H and O–H groups in total. The predicted molar refractivity (Wildman–Crippen MR) is 126 cm³/mol. The normalized spacial score (nSPS) is 11.2. The van der Waals surface area contributed by atoms with Crippen molar-refractivity contribution in [3.63, 3.8) is 0 Å². The number of nitrogens with zero attached hydrogens (tertiary/aromatic N) is 2. The summed E-state index contributed by atoms with van der Waals surface area (Å²) in [5.74, 6) is -0.709. The minimum absolute atomic E-state index is 0.237. The van der Waals surface area contributed by atoms with Gasteiger partial charge in [0.1, 0.15) is 13.2 Å². The Kier molecular flexibility index (Phi) is 5.99. The summed E-state index contributed by atoms with van der Waals surface area (Å²) < 4.78 is 7.31. The molecule has 0 unspecified atom stereocenters. The molecule has 0 aliphatic carbocycles. The number of aryl methyl sites for hydroxylation is 4. The van der Waals surface area contributed by atoms with Gasteiger partial charge in [-0.2, -0.15) is 0 Å². The predicted octanol–water partition coefficient (Wildman–Crippen LogP) is 4.73. The third-order valence-electron chi connectivity index (χ3n) is 4.62. The molecule has 160 valence electrons. The molecule has 4 rings (SSSR count). The number of rotatable bonds is 6. The molecule has 2 heterocycles. The molecule has 0 saturated carbocycles. The molecule has 7 nitrogen and oxygen atoms in total. The van der Waals surface area contributed by atoms with E-state index in [0.29, 0.717) is 10.3 Å². The maximum absolute atomic E-state index is 12.2. The minimum Gasteiger partial charge on any atom is -0.362 e. The number of anilines is 2. The lowest BCUT2D eigenvalue weighted by Gasteiger charge is -2.04. The van der Waals surface area contributed by atoms with Crippen LogP contribution in [0.15, 0.2) is 24.3 Å². The second-order valence-electron chi connectivity index (χ2n) is 7.48. The number of hydrogen-bond acceptors (Lipinski definition) is 7. The zero-order chi connectivity index (χ0) is 22.1. The van der Waals surface area contributed by atoms with Crippen molar-refractivity contribution in [1.82, 2.24) is 9.97 Å². The molecule has 0 saturated heterocycles. The largest absolute Gasteiger partial charge is 0.362 e. The SMILES string of the molecule is Cc1cc(C)c2nc(NC(=O)COCC(=O)Nc3nc4c(C)cc(C)cc4s3)sc2c1. The van der Waals surface area contributed by atoms with Crippen LogP contribution in [0, 0.1) is 27.7 Å². The third-order valence-corrected chi connectivity index (χ3v) is 6.45. The smallest absolute Gasteiger partial charge is 0.252 e. The summed E-state index contributed by atoms with van der Waals surface area (Å²) in [5.41, 5.74) is 6.21. The molecule has 31 heavy (non-hydrogen) atoms. The van der Waals surface area contributed by atoms with E-state index in [9.17, 15) is 9.59 Å². The summed E-state index contributed by atoms with van der Waals surface area (Å²) >= 11 is 2.83. The quantitative estimate of drug-likeness (QED) is 0.439. The standard InChI is InChI=1S/C22H22N4O3S2/c1-11-5-13(3)19-15(7-11)30-21(25-19)23-17(27)9-29-10-18(28)24-22-26-20-14(4)6-12(2)8-16(20)31-22/h5-8H,9-10H2,1-4H3,(H,23,25,27)(H,24,26,28). The van der Waals surface area contributed by atoms with Crippen LogP contribution in [0.4, 0.5) is 10.3 Å². The first-order valence-electron chi connectivity index (χ1n) is 9.71. The molecule has 9 heteroatoms. The van der Waals surface area contributed by atoms with Gasteiger partial charge in [-0.1, -0.05) is 34.8 Å². The average Bonchev–Trinajstić information content (AvgIpc) is 3.25. The number of aromatic nitrogens is 2. The zero-order valence-electron chi connectivity index (χ0n) is 17.7. The summed E-state index contributed by atoms with van der Waals surface area (Å²) in [4.78, 5) is 33.3. The van der Waals surface area contributed by atoms with Crippen molar-refractivity contribution in [2.45, 2.75) is 27.7 Å². The highest BCUT2D eigenvalue weighted by atomic mass is 32.1. The molecule has 0 radical (unpaired) electrons. The van der Waals surface area contributed by atoms with Crippen molar-refractivity contribution in [2.24, 2.45) is 0 Å². The number of carbonyl (C=O) groups is 2. The van der Waals surface area contributed by atoms with Gasteiger partial charge in [-0.15, -0.1) is 0 Å². The van der Waals surface area contributed by atoms with Crippen molar-refractivity contribution in [3.05, 3.63) is 46.5 Å². The van der Waals surface area contributed by atoms with Crippen molar-refractivity contribution in [2.75, 3.05) is 23.8 Å². The van der Waals surface area contributed by atoms with E-state index in [1.54, 1.807) is 0 Å². The van der Waals surface area contributed by atoms with E-state index < -0.39 is 0 Å². The van der Waals surface area contributed by atoms with Gasteiger partial charge in [0.15, 0.2) is 10.3 Å². The van der Waals surface area contributed by atoms with Crippen LogP contribution in [0.5, 0.6) is 0 Å². The second kappa shape index (κ2) is 8.70. The number of hydrogen-bond donors (Lipinski definition) is 2. The van der Waals surface area contributed by atoms with E-state index in [1.165, 1.54) is 22.7 Å². The number of nitrogens with one attached hydrogen (secondary N) is 2. The second-order valence-corrected chi connectivity index (χ2v) is 9.55. The van der Waals surface area contributed by atoms with Crippen LogP contribution in [0.3, 0.4) is 0 Å². The molecule has 2 aromatic carbocycles. The molecular formula is C22H22N4O3S2. The van der Waals surface area contributed by atoms with Gasteiger partial charge in [0.2, 0.25) is 0 Å². The molecule has 0 aliphatic rings. The van der Waals surface area contributed by atoms with Gasteiger partial charge in [-0.05, 0) is 62.1 Å². The van der Waals surface area contributed by atoms with E-state index in [1.807, 2.05) is 39.8 Å². The van der Waals surface area contributed by atoms with Crippen LogP contribution >= 0.6 is 22.7 Å². The van der Waals surface area contributed by atoms with Gasteiger partial charge in [0, 0.05) is 0 Å². The Morgan fingerprint density at radius 1 is 0.774 bits per heavy atom. The van der Waals surface area contributed by atoms with Crippen LogP contribution in [0.2, 0.25) is 0 Å². The van der Waals surface area contributed by atoms with Crippen LogP contribution in [0.1, 0.15) is 22.3 Å². The first kappa shape index (κ1) is 21.4. The molecule has 2 amide bonds. The Labute approximate surface area is 187 Å². The van der Waals surface area contributed by atoms with E-state index in [-0.39, 0.29) is 25.0 Å². The fourth-order valence-corrected chi connectivity index (χ4v) is 5.51. The first-order chi connectivity index (χ1) is 14.8. The Bertz CT molecular complexity index is 1210. The van der Waals surface area contributed by atoms with Crippen molar-refractivity contribution < 1.29 is 14.3 Å². The number of amides is 2. The number of carbonyl (C=O) groups excluding carboxylic acids is 2. The Hall–Kier alpha value is -2.88. The number of ether oxygens (including phenoxy) is 1. The lowest BCUT2D eigenvalue weighted by molar-refractivity contribution is -0.125. The summed E-state index contributed by atoms with van der Waals surface area (Å²) in [5, 5.41) is 6.50. The van der Waals surface area contributed by atoms with Crippen LogP contribution in [-0.2, 0) is 14.3 Å². The molecule has 0 bridgehead atoms. The van der Waals surface area contributed by atoms with Crippen LogP contribution in [-0.4, -0.2) is 35.0 Å². The first-order valence-corrected chi connectivity index (χ1v) is 11.3. The van der Waals surface area contributed by atoms with E-state index in [2.05, 4.69) is 32.7 Å². The average molecular weight is 455 g/mol. The Balaban J connectivity index is 1.29. The van der Waals surface area contributed by atoms with Crippen LogP contribution in [0.25, 0.3) is 20.4 Å². The number of benzene rings is 2. The molecule has 2 aromatic heterocycles. The van der Waals surface area contributed by atoms with E-state index in [0.717, 1.165) is 42.7 Å². The lowest BCUT2D eigenvalue weighted by Crippen LogP contribution is -2.23. The summed E-state index contributed by atoms with van der Waals surface area (Å²) in [7, 11) is 0. The van der Waals surface area contributed by atoms with Gasteiger partial charge >= 0.3 is 0 Å². The lowest BCUT2D eigenvalue weighted by atomic mass is 10.1. The van der Waals surface area contributed by atoms with Crippen molar-refractivity contribution >= 4 is 65.2 Å². The van der Waals surface area contributed by atoms with Gasteiger partial charge in [0.25, 0.3) is 11.8 Å². The van der Waals surface area contributed by atoms with Gasteiger partial charge < -0.3 is 4.74 Å². The fourth-order valence-electron chi connectivity index (χ4n) is 3.40. The molecule has 0 spiro atoms. The van der Waals surface area contributed by atoms with Crippen LogP contribution < -0.4 is 10.6 Å². The number of thiazole rings is 2. The third kappa shape index (κ3) is 4.90. The summed E-state index contributed by atoms with van der Waals surface area (Å²) in [6, 6.07) is 8.20. The summed E-state index contributed by atoms with van der Waals surface area (Å²) in [6.07, 6.45) is 0. The maximum atomic E-state index is 12.2. The van der Waals surface area contributed by atoms with Gasteiger partial charge in [0.05, 0.1) is 20.4 Å². The van der Waals surface area contributed by atoms with E-state index >= 15 is 0 Å². The highest BCUT2D eigenvalue weighted by Gasteiger charge is 2.13. The monoisotopic (exact) mass is 454 g/mol. The molecular weight excluding hydrogens is 432 g/mol. The Morgan fingerprint density at radius 2 is 1.19 bits per heavy atom. The highest BCUT2D eigenvalue weighted by molar-refractivity contribution is 7.22. The highest BCUT2D eigenvalue weighted by Crippen LogP contribution is 2.30. The Morgan fingerprint density at radius 3 is 1.61 bits per heavy atom. The zero-order valence-corrected chi connectivity index (χ0v) is 19.3. The number of fused-ring (bicyclic) bond motifs is 2. The van der Waals surface area contributed by atoms with Crippen molar-refractivity contribution in [3.8, 4) is 0 Å². The maximum Gasteiger partial charge on any atom is 0.252 e. The topological polar surface area (TPSA) is 93.2 Å². The minimum atomic E-state index is -0.354. The summed E-state index contributed by atoms with van der Waals surface area (Å²) in [6.45, 7) is 7.57. The van der Waals surface area contributed by atoms with Gasteiger partial charge in [-0.3, -0.25) is 20.2 Å². The van der Waals surface area contributed by atoms with E-state index in [4.69, 9.17) is 4.74 Å². The molecule has 4 aromatic rings.